The largest absolute Gasteiger partial charge is 0.393 e. The number of aliphatic hydroxyl groups excluding tert-OH is 1. The summed E-state index contributed by atoms with van der Waals surface area (Å²) in [6, 6.07) is 5.49. The lowest BCUT2D eigenvalue weighted by molar-refractivity contribution is 0.181. The van der Waals surface area contributed by atoms with E-state index in [0.717, 1.165) is 47.6 Å². The number of aryl methyl sites for hydroxylation is 1. The van der Waals surface area contributed by atoms with Crippen molar-refractivity contribution in [1.29, 1.82) is 0 Å². The predicted molar refractivity (Wildman–Crippen MR) is 110 cm³/mol. The number of benzene rings is 1. The molecule has 1 aromatic carbocycles. The summed E-state index contributed by atoms with van der Waals surface area (Å²) in [7, 11) is -3.12. The fourth-order valence-electron chi connectivity index (χ4n) is 4.39. The van der Waals surface area contributed by atoms with Crippen LogP contribution in [-0.2, 0) is 21.8 Å². The number of anilines is 2. The number of nitrogens with one attached hydrogen (secondary N) is 1. The van der Waals surface area contributed by atoms with Gasteiger partial charge in [-0.2, -0.15) is 5.10 Å². The lowest BCUT2D eigenvalue weighted by Crippen LogP contribution is -2.25. The molecular formula is C21H29N3O3S. The summed E-state index contributed by atoms with van der Waals surface area (Å²) in [4.78, 5) is 0.458. The molecule has 4 rings (SSSR count). The molecule has 1 fully saturated rings. The number of aliphatic hydroxyl groups is 1. The van der Waals surface area contributed by atoms with Crippen molar-refractivity contribution in [2.75, 3.05) is 11.1 Å². The van der Waals surface area contributed by atoms with Crippen molar-refractivity contribution in [2.45, 2.75) is 75.8 Å². The second-order valence-electron chi connectivity index (χ2n) is 9.12. The van der Waals surface area contributed by atoms with Crippen LogP contribution in [0.15, 0.2) is 23.1 Å². The highest BCUT2D eigenvalue weighted by Crippen LogP contribution is 2.40. The van der Waals surface area contributed by atoms with Crippen LogP contribution in [0.5, 0.6) is 0 Å². The van der Waals surface area contributed by atoms with Gasteiger partial charge in [0.2, 0.25) is 0 Å². The molecule has 1 aromatic heterocycles. The Kier molecular flexibility index (Phi) is 4.58. The molecule has 1 saturated carbocycles. The average molecular weight is 404 g/mol. The first kappa shape index (κ1) is 19.5. The maximum absolute atomic E-state index is 12.1. The normalized spacial score (nSPS) is 23.8. The molecule has 2 heterocycles. The van der Waals surface area contributed by atoms with Crippen molar-refractivity contribution in [2.24, 2.45) is 0 Å². The third-order valence-electron chi connectivity index (χ3n) is 5.88. The van der Waals surface area contributed by atoms with Gasteiger partial charge >= 0.3 is 0 Å². The highest BCUT2D eigenvalue weighted by atomic mass is 32.2. The lowest BCUT2D eigenvalue weighted by Gasteiger charge is -2.23. The van der Waals surface area contributed by atoms with E-state index in [1.807, 2.05) is 16.8 Å². The molecule has 2 atom stereocenters. The van der Waals surface area contributed by atoms with E-state index < -0.39 is 9.84 Å². The van der Waals surface area contributed by atoms with E-state index in [1.54, 1.807) is 6.07 Å². The number of fused-ring (bicyclic) bond motifs is 1. The SMILES string of the molecule is Cc1c(C2CCC(O)C2)nn(C(C)(C)C)c1Nc1ccc2c(c1)CCS2(=O)=O. The standard InChI is InChI=1S/C21H29N3O3S/c1-13-19(15-5-7-17(25)12-15)23-24(21(2,3)4)20(13)22-16-6-8-18-14(11-16)9-10-28(18,26)27/h6,8,11,15,17,22,25H,5,7,9-10,12H2,1-4H3. The van der Waals surface area contributed by atoms with Crippen LogP contribution in [-0.4, -0.2) is 35.2 Å². The number of hydrogen-bond donors (Lipinski definition) is 2. The molecule has 28 heavy (non-hydrogen) atoms. The third kappa shape index (κ3) is 3.35. The van der Waals surface area contributed by atoms with Crippen molar-refractivity contribution in [3.05, 3.63) is 35.0 Å². The first-order chi connectivity index (χ1) is 13.1. The second-order valence-corrected chi connectivity index (χ2v) is 11.2. The molecule has 0 spiro atoms. The van der Waals surface area contributed by atoms with E-state index in [1.165, 1.54) is 0 Å². The summed E-state index contributed by atoms with van der Waals surface area (Å²) >= 11 is 0. The van der Waals surface area contributed by atoms with Gasteiger partial charge in [0, 0.05) is 17.2 Å². The summed E-state index contributed by atoms with van der Waals surface area (Å²) in [6.45, 7) is 8.43. The molecule has 0 bridgehead atoms. The summed E-state index contributed by atoms with van der Waals surface area (Å²) in [5.41, 5.74) is 3.70. The second kappa shape index (κ2) is 6.59. The zero-order chi connectivity index (χ0) is 20.3. The Bertz CT molecular complexity index is 1020. The summed E-state index contributed by atoms with van der Waals surface area (Å²) < 4.78 is 26.2. The van der Waals surface area contributed by atoms with Crippen molar-refractivity contribution in [3.8, 4) is 0 Å². The molecular weight excluding hydrogens is 374 g/mol. The Morgan fingerprint density at radius 1 is 1.25 bits per heavy atom. The van der Waals surface area contributed by atoms with Crippen molar-refractivity contribution in [1.82, 2.24) is 9.78 Å². The van der Waals surface area contributed by atoms with Gasteiger partial charge in [-0.05, 0) is 77.1 Å². The summed E-state index contributed by atoms with van der Waals surface area (Å²) in [6.07, 6.45) is 2.88. The minimum atomic E-state index is -3.12. The fourth-order valence-corrected chi connectivity index (χ4v) is 5.93. The molecule has 6 nitrogen and oxygen atoms in total. The van der Waals surface area contributed by atoms with Gasteiger partial charge in [-0.1, -0.05) is 0 Å². The van der Waals surface area contributed by atoms with Crippen LogP contribution in [0.2, 0.25) is 0 Å². The Morgan fingerprint density at radius 3 is 2.64 bits per heavy atom. The average Bonchev–Trinajstić information content (AvgIpc) is 3.25. The smallest absolute Gasteiger partial charge is 0.178 e. The number of nitrogens with zero attached hydrogens (tertiary/aromatic N) is 2. The molecule has 7 heteroatoms. The van der Waals surface area contributed by atoms with Gasteiger partial charge in [0.05, 0.1) is 28.0 Å². The Morgan fingerprint density at radius 2 is 2.00 bits per heavy atom. The van der Waals surface area contributed by atoms with Crippen LogP contribution in [0.3, 0.4) is 0 Å². The lowest BCUT2D eigenvalue weighted by atomic mass is 10.0. The van der Waals surface area contributed by atoms with Gasteiger partial charge in [0.25, 0.3) is 0 Å². The van der Waals surface area contributed by atoms with Gasteiger partial charge in [0.1, 0.15) is 5.82 Å². The zero-order valence-corrected chi connectivity index (χ0v) is 17.8. The summed E-state index contributed by atoms with van der Waals surface area (Å²) in [5.74, 6) is 1.41. The molecule has 2 aliphatic rings. The van der Waals surface area contributed by atoms with Crippen molar-refractivity contribution >= 4 is 21.3 Å². The van der Waals surface area contributed by atoms with E-state index in [-0.39, 0.29) is 23.3 Å². The van der Waals surface area contributed by atoms with E-state index in [4.69, 9.17) is 5.10 Å². The maximum Gasteiger partial charge on any atom is 0.178 e. The molecule has 0 radical (unpaired) electrons. The topological polar surface area (TPSA) is 84.2 Å². The minimum absolute atomic E-state index is 0.193. The van der Waals surface area contributed by atoms with Crippen LogP contribution in [0.1, 0.15) is 62.8 Å². The van der Waals surface area contributed by atoms with Crippen LogP contribution >= 0.6 is 0 Å². The first-order valence-electron chi connectivity index (χ1n) is 9.97. The fraction of sp³-hybridized carbons (Fsp3) is 0.571. The highest BCUT2D eigenvalue weighted by molar-refractivity contribution is 7.91. The molecule has 2 aromatic rings. The number of rotatable bonds is 3. The minimum Gasteiger partial charge on any atom is -0.393 e. The monoisotopic (exact) mass is 403 g/mol. The van der Waals surface area contributed by atoms with Crippen LogP contribution in [0, 0.1) is 6.92 Å². The van der Waals surface area contributed by atoms with Gasteiger partial charge in [0.15, 0.2) is 9.84 Å². The van der Waals surface area contributed by atoms with Crippen LogP contribution in [0.25, 0.3) is 0 Å². The number of hydrogen-bond acceptors (Lipinski definition) is 5. The van der Waals surface area contributed by atoms with E-state index in [0.29, 0.717) is 11.3 Å². The third-order valence-corrected chi connectivity index (χ3v) is 7.69. The number of sulfone groups is 1. The molecule has 2 N–H and O–H groups in total. The van der Waals surface area contributed by atoms with Crippen LogP contribution in [0.4, 0.5) is 11.5 Å². The predicted octanol–water partition coefficient (Wildman–Crippen LogP) is 3.65. The van der Waals surface area contributed by atoms with E-state index >= 15 is 0 Å². The molecule has 1 aliphatic heterocycles. The first-order valence-corrected chi connectivity index (χ1v) is 11.6. The van der Waals surface area contributed by atoms with E-state index in [9.17, 15) is 13.5 Å². The van der Waals surface area contributed by atoms with Crippen molar-refractivity contribution in [3.63, 3.8) is 0 Å². The zero-order valence-electron chi connectivity index (χ0n) is 17.0. The Hall–Kier alpha value is -1.86. The highest BCUT2D eigenvalue weighted by Gasteiger charge is 2.32. The molecule has 0 saturated heterocycles. The maximum atomic E-state index is 12.1. The van der Waals surface area contributed by atoms with Gasteiger partial charge in [-0.25, -0.2) is 13.1 Å². The quantitative estimate of drug-likeness (QED) is 0.817. The molecule has 2 unspecified atom stereocenters. The molecule has 152 valence electrons. The van der Waals surface area contributed by atoms with Gasteiger partial charge in [-0.3, -0.25) is 0 Å². The Balaban J connectivity index is 1.72. The Labute approximate surface area is 166 Å². The van der Waals surface area contributed by atoms with E-state index in [2.05, 4.69) is 33.0 Å². The van der Waals surface area contributed by atoms with Crippen molar-refractivity contribution < 1.29 is 13.5 Å². The number of aromatic nitrogens is 2. The molecule has 1 aliphatic carbocycles. The van der Waals surface area contributed by atoms with Gasteiger partial charge in [-0.15, -0.1) is 0 Å². The van der Waals surface area contributed by atoms with Gasteiger partial charge < -0.3 is 10.4 Å². The molecule has 0 amide bonds. The van der Waals surface area contributed by atoms with Crippen LogP contribution < -0.4 is 5.32 Å². The summed E-state index contributed by atoms with van der Waals surface area (Å²) in [5, 5.41) is 18.4.